The molecule has 3 aromatic carbocycles. The molecule has 5 rings (SSSR count). The summed E-state index contributed by atoms with van der Waals surface area (Å²) in [7, 11) is 0. The molecule has 0 saturated heterocycles. The average Bonchev–Trinajstić information content (AvgIpc) is 3.02. The standard InChI is InChI=1S/C23H13ClFNO3/c24-14-7-4-8-16(11-14)26-20(13-5-2-1-3-6-13)19-21(27)17-12-15(25)9-10-18(17)29-22(19)23(26)28/h1-12,20H. The molecule has 0 bridgehead atoms. The molecule has 1 atom stereocenters. The number of halogens is 2. The van der Waals surface area contributed by atoms with Crippen LogP contribution in [0.5, 0.6) is 0 Å². The van der Waals surface area contributed by atoms with Gasteiger partial charge in [0.25, 0.3) is 5.91 Å². The summed E-state index contributed by atoms with van der Waals surface area (Å²) in [6.45, 7) is 0. The van der Waals surface area contributed by atoms with Gasteiger partial charge in [-0.05, 0) is 42.0 Å². The van der Waals surface area contributed by atoms with E-state index in [9.17, 15) is 14.0 Å². The summed E-state index contributed by atoms with van der Waals surface area (Å²) < 4.78 is 19.6. The second-order valence-corrected chi connectivity index (χ2v) is 7.22. The Labute approximate surface area is 169 Å². The molecule has 29 heavy (non-hydrogen) atoms. The van der Waals surface area contributed by atoms with Crippen LogP contribution in [0, 0.1) is 5.82 Å². The molecular formula is C23H13ClFNO3. The minimum Gasteiger partial charge on any atom is -0.450 e. The minimum absolute atomic E-state index is 0.0389. The first kappa shape index (κ1) is 17.6. The molecule has 1 aliphatic heterocycles. The van der Waals surface area contributed by atoms with Gasteiger partial charge in [-0.25, -0.2) is 4.39 Å². The van der Waals surface area contributed by atoms with E-state index in [-0.39, 0.29) is 22.3 Å². The van der Waals surface area contributed by atoms with Crippen molar-refractivity contribution in [3.05, 3.63) is 111 Å². The van der Waals surface area contributed by atoms with Gasteiger partial charge in [0.2, 0.25) is 5.76 Å². The van der Waals surface area contributed by atoms with E-state index in [0.29, 0.717) is 10.7 Å². The van der Waals surface area contributed by atoms with Gasteiger partial charge < -0.3 is 4.42 Å². The van der Waals surface area contributed by atoms with Crippen LogP contribution in [0.3, 0.4) is 0 Å². The average molecular weight is 406 g/mol. The molecule has 6 heteroatoms. The van der Waals surface area contributed by atoms with Crippen molar-refractivity contribution in [2.24, 2.45) is 0 Å². The number of hydrogen-bond acceptors (Lipinski definition) is 3. The number of amides is 1. The van der Waals surface area contributed by atoms with Crippen LogP contribution in [-0.4, -0.2) is 5.91 Å². The largest absolute Gasteiger partial charge is 0.450 e. The van der Waals surface area contributed by atoms with E-state index in [2.05, 4.69) is 0 Å². The first-order chi connectivity index (χ1) is 14.0. The van der Waals surface area contributed by atoms with Gasteiger partial charge in [-0.15, -0.1) is 0 Å². The van der Waals surface area contributed by atoms with E-state index in [1.807, 2.05) is 30.3 Å². The maximum Gasteiger partial charge on any atom is 0.295 e. The molecule has 1 aromatic heterocycles. The van der Waals surface area contributed by atoms with Gasteiger partial charge in [-0.2, -0.15) is 0 Å². The molecule has 1 amide bonds. The molecule has 1 unspecified atom stereocenters. The summed E-state index contributed by atoms with van der Waals surface area (Å²) >= 11 is 6.15. The van der Waals surface area contributed by atoms with Crippen LogP contribution >= 0.6 is 11.6 Å². The van der Waals surface area contributed by atoms with E-state index in [0.717, 1.165) is 11.6 Å². The Balaban J connectivity index is 1.84. The summed E-state index contributed by atoms with van der Waals surface area (Å²) in [4.78, 5) is 28.1. The van der Waals surface area contributed by atoms with Crippen LogP contribution in [0.15, 0.2) is 82.0 Å². The second-order valence-electron chi connectivity index (χ2n) is 6.78. The highest BCUT2D eigenvalue weighted by Gasteiger charge is 2.43. The van der Waals surface area contributed by atoms with Gasteiger partial charge in [0.15, 0.2) is 5.43 Å². The molecule has 0 radical (unpaired) electrons. The van der Waals surface area contributed by atoms with Gasteiger partial charge in [0.1, 0.15) is 11.4 Å². The molecule has 2 heterocycles. The third kappa shape index (κ3) is 2.74. The van der Waals surface area contributed by atoms with Crippen molar-refractivity contribution in [3.63, 3.8) is 0 Å². The molecule has 142 valence electrons. The second kappa shape index (κ2) is 6.57. The van der Waals surface area contributed by atoms with Gasteiger partial charge in [0, 0.05) is 10.7 Å². The molecule has 4 aromatic rings. The minimum atomic E-state index is -0.707. The van der Waals surface area contributed by atoms with E-state index in [4.69, 9.17) is 16.0 Å². The third-order valence-corrected chi connectivity index (χ3v) is 5.27. The quantitative estimate of drug-likeness (QED) is 0.452. The number of rotatable bonds is 2. The van der Waals surface area contributed by atoms with Crippen molar-refractivity contribution in [1.29, 1.82) is 0 Å². The molecular weight excluding hydrogens is 393 g/mol. The van der Waals surface area contributed by atoms with Crippen molar-refractivity contribution in [3.8, 4) is 0 Å². The number of carbonyl (C=O) groups is 1. The fourth-order valence-corrected chi connectivity index (χ4v) is 3.97. The zero-order valence-corrected chi connectivity index (χ0v) is 15.7. The first-order valence-electron chi connectivity index (χ1n) is 8.95. The number of anilines is 1. The van der Waals surface area contributed by atoms with Gasteiger partial charge in [-0.3, -0.25) is 14.5 Å². The predicted octanol–water partition coefficient (Wildman–Crippen LogP) is 5.34. The summed E-state index contributed by atoms with van der Waals surface area (Å²) in [5.41, 5.74) is 1.22. The number of hydrogen-bond donors (Lipinski definition) is 0. The topological polar surface area (TPSA) is 50.5 Å². The van der Waals surface area contributed by atoms with Gasteiger partial charge in [-0.1, -0.05) is 48.0 Å². The van der Waals surface area contributed by atoms with Crippen molar-refractivity contribution in [1.82, 2.24) is 0 Å². The van der Waals surface area contributed by atoms with Crippen molar-refractivity contribution >= 4 is 34.2 Å². The molecule has 0 aliphatic carbocycles. The summed E-state index contributed by atoms with van der Waals surface area (Å²) in [6.07, 6.45) is 0. The molecule has 0 saturated carbocycles. The highest BCUT2D eigenvalue weighted by atomic mass is 35.5. The molecule has 4 nitrogen and oxygen atoms in total. The number of benzene rings is 3. The number of nitrogens with zero attached hydrogens (tertiary/aromatic N) is 1. The normalized spacial score (nSPS) is 15.7. The summed E-state index contributed by atoms with van der Waals surface area (Å²) in [5.74, 6) is -1.03. The molecule has 0 N–H and O–H groups in total. The van der Waals surface area contributed by atoms with Gasteiger partial charge in [0.05, 0.1) is 17.0 Å². The van der Waals surface area contributed by atoms with E-state index < -0.39 is 23.2 Å². The lowest BCUT2D eigenvalue weighted by Crippen LogP contribution is -2.29. The third-order valence-electron chi connectivity index (χ3n) is 5.03. The Kier molecular flexibility index (Phi) is 4.00. The van der Waals surface area contributed by atoms with Crippen LogP contribution in [0.25, 0.3) is 11.0 Å². The zero-order valence-electron chi connectivity index (χ0n) is 14.9. The molecule has 1 aliphatic rings. The predicted molar refractivity (Wildman–Crippen MR) is 109 cm³/mol. The number of carbonyl (C=O) groups excluding carboxylic acids is 1. The van der Waals surface area contributed by atoms with Crippen LogP contribution < -0.4 is 10.3 Å². The summed E-state index contributed by atoms with van der Waals surface area (Å²) in [5, 5.41) is 0.565. The van der Waals surface area contributed by atoms with Crippen LogP contribution in [0.2, 0.25) is 5.02 Å². The fourth-order valence-electron chi connectivity index (χ4n) is 3.79. The van der Waals surface area contributed by atoms with Gasteiger partial charge >= 0.3 is 0 Å². The molecule has 0 spiro atoms. The molecule has 0 fully saturated rings. The van der Waals surface area contributed by atoms with E-state index in [1.54, 1.807) is 24.3 Å². The Morgan fingerprint density at radius 3 is 2.48 bits per heavy atom. The lowest BCUT2D eigenvalue weighted by molar-refractivity contribution is 0.0971. The van der Waals surface area contributed by atoms with Crippen LogP contribution in [0.4, 0.5) is 10.1 Å². The van der Waals surface area contributed by atoms with Crippen molar-refractivity contribution in [2.45, 2.75) is 6.04 Å². The maximum absolute atomic E-state index is 13.8. The monoisotopic (exact) mass is 405 g/mol. The SMILES string of the molecule is O=C1c2oc3ccc(F)cc3c(=O)c2C(c2ccccc2)N1c1cccc(Cl)c1. The van der Waals surface area contributed by atoms with E-state index >= 15 is 0 Å². The Bertz CT molecular complexity index is 1330. The highest BCUT2D eigenvalue weighted by Crippen LogP contribution is 2.41. The lowest BCUT2D eigenvalue weighted by Gasteiger charge is -2.25. The van der Waals surface area contributed by atoms with Crippen molar-refractivity contribution < 1.29 is 13.6 Å². The van der Waals surface area contributed by atoms with E-state index in [1.165, 1.54) is 17.0 Å². The Morgan fingerprint density at radius 1 is 0.931 bits per heavy atom. The lowest BCUT2D eigenvalue weighted by atomic mass is 9.98. The Hall–Kier alpha value is -3.44. The summed E-state index contributed by atoms with van der Waals surface area (Å²) in [6, 6.07) is 19.0. The van der Waals surface area contributed by atoms with Crippen LogP contribution in [0.1, 0.15) is 27.7 Å². The fraction of sp³-hybridized carbons (Fsp3) is 0.0435. The van der Waals surface area contributed by atoms with Crippen molar-refractivity contribution in [2.75, 3.05) is 4.90 Å². The van der Waals surface area contributed by atoms with Crippen LogP contribution in [-0.2, 0) is 0 Å². The maximum atomic E-state index is 13.8. The zero-order chi connectivity index (χ0) is 20.1. The Morgan fingerprint density at radius 2 is 1.72 bits per heavy atom. The first-order valence-corrected chi connectivity index (χ1v) is 9.33. The smallest absolute Gasteiger partial charge is 0.295 e. The number of fused-ring (bicyclic) bond motifs is 2. The highest BCUT2D eigenvalue weighted by molar-refractivity contribution is 6.31.